The third-order valence-electron chi connectivity index (χ3n) is 6.74. The normalized spacial score (nSPS) is 14.4. The molecule has 3 aromatic heterocycles. The van der Waals surface area contributed by atoms with E-state index in [1.807, 2.05) is 36.0 Å². The number of halogens is 1. The van der Waals surface area contributed by atoms with Crippen molar-refractivity contribution in [2.24, 2.45) is 12.8 Å². The van der Waals surface area contributed by atoms with Crippen LogP contribution in [0.3, 0.4) is 0 Å². The highest BCUT2D eigenvalue weighted by Gasteiger charge is 2.21. The van der Waals surface area contributed by atoms with Crippen molar-refractivity contribution in [3.05, 3.63) is 48.0 Å². The largest absolute Gasteiger partial charge is 0.368 e. The molecule has 5 rings (SSSR count). The summed E-state index contributed by atoms with van der Waals surface area (Å²) in [6.45, 7) is 9.51. The molecule has 1 aliphatic rings. The fourth-order valence-electron chi connectivity index (χ4n) is 5.00. The van der Waals surface area contributed by atoms with Gasteiger partial charge >= 0.3 is 0 Å². The van der Waals surface area contributed by atoms with Crippen molar-refractivity contribution < 1.29 is 4.39 Å². The minimum Gasteiger partial charge on any atom is -0.368 e. The van der Waals surface area contributed by atoms with E-state index in [0.717, 1.165) is 55.0 Å². The van der Waals surface area contributed by atoms with Gasteiger partial charge in [-0.05, 0) is 30.2 Å². The number of anilines is 2. The second kappa shape index (κ2) is 10.8. The van der Waals surface area contributed by atoms with E-state index < -0.39 is 5.82 Å². The molecule has 10 nitrogen and oxygen atoms in total. The first-order valence-corrected chi connectivity index (χ1v) is 12.3. The molecule has 0 unspecified atom stereocenters. The van der Waals surface area contributed by atoms with Gasteiger partial charge in [-0.15, -0.1) is 0 Å². The predicted molar refractivity (Wildman–Crippen MR) is 146 cm³/mol. The Morgan fingerprint density at radius 3 is 2.41 bits per heavy atom. The Hall–Kier alpha value is -3.67. The van der Waals surface area contributed by atoms with Crippen LogP contribution in [0.1, 0.15) is 25.5 Å². The van der Waals surface area contributed by atoms with Gasteiger partial charge < -0.3 is 22.5 Å². The summed E-state index contributed by atoms with van der Waals surface area (Å²) in [5.41, 5.74) is 15.9. The topological polar surface area (TPSA) is 150 Å². The zero-order valence-corrected chi connectivity index (χ0v) is 21.7. The zero-order valence-electron chi connectivity index (χ0n) is 21.7. The number of rotatable bonds is 6. The number of nitrogen functional groups attached to an aromatic ring is 1. The van der Waals surface area contributed by atoms with E-state index in [9.17, 15) is 0 Å². The summed E-state index contributed by atoms with van der Waals surface area (Å²) in [7, 11) is 1.92. The Labute approximate surface area is 216 Å². The van der Waals surface area contributed by atoms with Crippen molar-refractivity contribution in [2.45, 2.75) is 19.8 Å². The molecule has 1 fully saturated rings. The van der Waals surface area contributed by atoms with Crippen LogP contribution in [0.2, 0.25) is 0 Å². The number of aromatic nitrogens is 5. The molecule has 0 aliphatic carbocycles. The van der Waals surface area contributed by atoms with E-state index in [0.29, 0.717) is 17.8 Å². The molecule has 0 bridgehead atoms. The van der Waals surface area contributed by atoms with Gasteiger partial charge in [0.05, 0.1) is 23.1 Å². The molecule has 0 amide bonds. The molecule has 1 saturated heterocycles. The lowest BCUT2D eigenvalue weighted by molar-refractivity contribution is 0.265. The molecule has 0 atom stereocenters. The zero-order chi connectivity index (χ0) is 25.4. The van der Waals surface area contributed by atoms with E-state index in [1.54, 1.807) is 12.3 Å². The van der Waals surface area contributed by atoms with Crippen LogP contribution in [0, 0.1) is 5.82 Å². The van der Waals surface area contributed by atoms with E-state index in [2.05, 4.69) is 43.7 Å². The number of hydrogen-bond donors (Lipinski definition) is 3. The van der Waals surface area contributed by atoms with Gasteiger partial charge in [0.15, 0.2) is 5.82 Å². The average Bonchev–Trinajstić information content (AvgIpc) is 3.21. The van der Waals surface area contributed by atoms with Crippen LogP contribution < -0.4 is 22.5 Å². The number of piperazine rings is 1. The molecule has 7 N–H and O–H groups in total. The van der Waals surface area contributed by atoms with Crippen LogP contribution in [0.15, 0.2) is 36.5 Å². The fourth-order valence-corrected chi connectivity index (χ4v) is 5.00. The van der Waals surface area contributed by atoms with Crippen molar-refractivity contribution in [3.63, 3.8) is 0 Å². The van der Waals surface area contributed by atoms with Crippen LogP contribution in [-0.2, 0) is 7.05 Å². The average molecular weight is 507 g/mol. The molecule has 0 radical (unpaired) electrons. The smallest absolute Gasteiger partial charge is 0.221 e. The highest BCUT2D eigenvalue weighted by Crippen LogP contribution is 2.33. The highest BCUT2D eigenvalue weighted by molar-refractivity contribution is 5.87. The lowest BCUT2D eigenvalue weighted by Gasteiger charge is -2.35. The summed E-state index contributed by atoms with van der Waals surface area (Å²) < 4.78 is 17.7. The van der Waals surface area contributed by atoms with Gasteiger partial charge in [-0.3, -0.25) is 14.6 Å². The van der Waals surface area contributed by atoms with Crippen LogP contribution in [0.5, 0.6) is 0 Å². The third kappa shape index (κ3) is 5.10. The standard InChI is InChI=1S/C26H32FN9.H3N/c1-16(2)25-19-14-17(4-6-20(19)33-34(25)3)23-22(27)24(32-26(29)31-23)21-7-5-18(15-30-21)36-12-10-35(9-8-28)11-13-36;/h4-7,14-16H,8-13,28H2,1-3H3,(H2,29,31,32);1H3. The number of pyridine rings is 1. The first-order chi connectivity index (χ1) is 17.4. The summed E-state index contributed by atoms with van der Waals surface area (Å²) in [6.07, 6.45) is 1.77. The van der Waals surface area contributed by atoms with Crippen LogP contribution in [-0.4, -0.2) is 68.9 Å². The second-order valence-electron chi connectivity index (χ2n) is 9.51. The predicted octanol–water partition coefficient (Wildman–Crippen LogP) is 3.18. The number of aryl methyl sites for hydroxylation is 1. The molecule has 0 saturated carbocycles. The first kappa shape index (κ1) is 26.4. The number of fused-ring (bicyclic) bond motifs is 1. The number of hydrogen-bond acceptors (Lipinski definition) is 9. The first-order valence-electron chi connectivity index (χ1n) is 12.3. The Morgan fingerprint density at radius 1 is 1.03 bits per heavy atom. The van der Waals surface area contributed by atoms with E-state index >= 15 is 4.39 Å². The molecule has 4 aromatic rings. The number of nitrogens with two attached hydrogens (primary N) is 2. The molecule has 1 aliphatic heterocycles. The van der Waals surface area contributed by atoms with Crippen LogP contribution >= 0.6 is 0 Å². The second-order valence-corrected chi connectivity index (χ2v) is 9.51. The Kier molecular flexibility index (Phi) is 7.67. The molecular formula is C26H35FN10. The van der Waals surface area contributed by atoms with Gasteiger partial charge in [0.25, 0.3) is 0 Å². The molecule has 11 heteroatoms. The van der Waals surface area contributed by atoms with E-state index in [-0.39, 0.29) is 29.4 Å². The summed E-state index contributed by atoms with van der Waals surface area (Å²) >= 11 is 0. The van der Waals surface area contributed by atoms with Gasteiger partial charge in [0.2, 0.25) is 5.95 Å². The van der Waals surface area contributed by atoms with E-state index in [4.69, 9.17) is 11.5 Å². The third-order valence-corrected chi connectivity index (χ3v) is 6.74. The molecule has 196 valence electrons. The van der Waals surface area contributed by atoms with Gasteiger partial charge in [-0.25, -0.2) is 14.4 Å². The maximum atomic E-state index is 15.8. The summed E-state index contributed by atoms with van der Waals surface area (Å²) in [5.74, 6) is -0.287. The minimum absolute atomic E-state index is 0. The van der Waals surface area contributed by atoms with Crippen molar-refractivity contribution in [1.82, 2.24) is 35.8 Å². The van der Waals surface area contributed by atoms with Gasteiger partial charge in [-0.1, -0.05) is 19.9 Å². The molecule has 4 heterocycles. The van der Waals surface area contributed by atoms with Crippen molar-refractivity contribution >= 4 is 22.5 Å². The van der Waals surface area contributed by atoms with Gasteiger partial charge in [0, 0.05) is 63.0 Å². The quantitative estimate of drug-likeness (QED) is 0.358. The van der Waals surface area contributed by atoms with Crippen LogP contribution in [0.4, 0.5) is 16.0 Å². The Balaban J connectivity index is 0.00000320. The molecule has 37 heavy (non-hydrogen) atoms. The summed E-state index contributed by atoms with van der Waals surface area (Å²) in [6, 6.07) is 9.36. The van der Waals surface area contributed by atoms with E-state index in [1.165, 1.54) is 0 Å². The molecule has 1 aromatic carbocycles. The number of nitrogens with zero attached hydrogens (tertiary/aromatic N) is 7. The lowest BCUT2D eigenvalue weighted by Crippen LogP contribution is -2.47. The van der Waals surface area contributed by atoms with Crippen LogP contribution in [0.25, 0.3) is 33.5 Å². The summed E-state index contributed by atoms with van der Waals surface area (Å²) in [5, 5.41) is 5.55. The Bertz CT molecular complexity index is 1370. The maximum absolute atomic E-state index is 15.8. The monoisotopic (exact) mass is 506 g/mol. The van der Waals surface area contributed by atoms with Crippen molar-refractivity contribution in [3.8, 4) is 22.6 Å². The minimum atomic E-state index is -0.547. The molecular weight excluding hydrogens is 471 g/mol. The van der Waals surface area contributed by atoms with Gasteiger partial charge in [-0.2, -0.15) is 5.10 Å². The number of benzene rings is 1. The van der Waals surface area contributed by atoms with Crippen molar-refractivity contribution in [1.29, 1.82) is 0 Å². The Morgan fingerprint density at radius 2 is 1.76 bits per heavy atom. The highest BCUT2D eigenvalue weighted by atomic mass is 19.1. The fraction of sp³-hybridized carbons (Fsp3) is 0.385. The summed E-state index contributed by atoms with van der Waals surface area (Å²) in [4.78, 5) is 17.6. The SMILES string of the molecule is CC(C)c1c2cc(-c3nc(N)nc(-c4ccc(N5CCN(CCN)CC5)cn4)c3F)ccc2nn1C.N. The maximum Gasteiger partial charge on any atom is 0.221 e. The molecule has 0 spiro atoms. The lowest BCUT2D eigenvalue weighted by atomic mass is 10.0. The van der Waals surface area contributed by atoms with Crippen molar-refractivity contribution in [2.75, 3.05) is 49.9 Å². The van der Waals surface area contributed by atoms with Gasteiger partial charge in [0.1, 0.15) is 11.4 Å².